The van der Waals surface area contributed by atoms with Crippen LogP contribution >= 0.6 is 0 Å². The molecule has 2 rings (SSSR count). The lowest BCUT2D eigenvalue weighted by atomic mass is 10.2. The van der Waals surface area contributed by atoms with E-state index in [1.165, 1.54) is 6.39 Å². The summed E-state index contributed by atoms with van der Waals surface area (Å²) in [6, 6.07) is 5.51. The van der Waals surface area contributed by atoms with E-state index in [1.807, 2.05) is 12.1 Å². The van der Waals surface area contributed by atoms with Gasteiger partial charge in [-0.3, -0.25) is 0 Å². The average molecular weight is 220 g/mol. The van der Waals surface area contributed by atoms with Gasteiger partial charge < -0.3 is 20.3 Å². The summed E-state index contributed by atoms with van der Waals surface area (Å²) in [5, 5.41) is 6.78. The molecule has 0 amide bonds. The molecule has 0 unspecified atom stereocenters. The summed E-state index contributed by atoms with van der Waals surface area (Å²) >= 11 is 0. The van der Waals surface area contributed by atoms with Crippen molar-refractivity contribution < 1.29 is 9.26 Å². The summed E-state index contributed by atoms with van der Waals surface area (Å²) in [7, 11) is 1.58. The SMILES string of the molecule is COc1cccc(NCc2ncon2)c1N. The summed E-state index contributed by atoms with van der Waals surface area (Å²) in [6.45, 7) is 0.452. The Balaban J connectivity index is 2.09. The number of nitrogens with zero attached hydrogens (tertiary/aromatic N) is 2. The maximum absolute atomic E-state index is 5.88. The molecule has 6 heteroatoms. The number of hydrogen-bond acceptors (Lipinski definition) is 6. The van der Waals surface area contributed by atoms with Crippen molar-refractivity contribution in [3.05, 3.63) is 30.4 Å². The normalized spacial score (nSPS) is 10.1. The zero-order valence-corrected chi connectivity index (χ0v) is 8.80. The van der Waals surface area contributed by atoms with E-state index in [9.17, 15) is 0 Å². The van der Waals surface area contributed by atoms with Crippen LogP contribution in [0.5, 0.6) is 5.75 Å². The average Bonchev–Trinajstić information content (AvgIpc) is 2.81. The van der Waals surface area contributed by atoms with Crippen LogP contribution in [-0.4, -0.2) is 17.3 Å². The molecule has 0 bridgehead atoms. The summed E-state index contributed by atoms with van der Waals surface area (Å²) < 4.78 is 9.73. The highest BCUT2D eigenvalue weighted by atomic mass is 16.5. The van der Waals surface area contributed by atoms with Crippen LogP contribution in [0, 0.1) is 0 Å². The smallest absolute Gasteiger partial charge is 0.213 e. The Morgan fingerprint density at radius 1 is 1.50 bits per heavy atom. The van der Waals surface area contributed by atoms with E-state index in [0.717, 1.165) is 5.69 Å². The summed E-state index contributed by atoms with van der Waals surface area (Å²) in [6.07, 6.45) is 1.28. The van der Waals surface area contributed by atoms with Gasteiger partial charge >= 0.3 is 0 Å². The lowest BCUT2D eigenvalue weighted by Crippen LogP contribution is -2.04. The summed E-state index contributed by atoms with van der Waals surface area (Å²) in [5.41, 5.74) is 7.23. The highest BCUT2D eigenvalue weighted by Gasteiger charge is 2.05. The number of nitrogens with two attached hydrogens (primary N) is 1. The van der Waals surface area contributed by atoms with Crippen molar-refractivity contribution in [2.75, 3.05) is 18.2 Å². The Kier molecular flexibility index (Phi) is 2.90. The van der Waals surface area contributed by atoms with Gasteiger partial charge in [-0.05, 0) is 12.1 Å². The first kappa shape index (κ1) is 10.3. The van der Waals surface area contributed by atoms with E-state index in [1.54, 1.807) is 13.2 Å². The molecule has 1 aromatic heterocycles. The third kappa shape index (κ3) is 2.05. The van der Waals surface area contributed by atoms with E-state index in [-0.39, 0.29) is 0 Å². The molecule has 0 atom stereocenters. The van der Waals surface area contributed by atoms with Crippen LogP contribution in [0.1, 0.15) is 5.82 Å². The standard InChI is InChI=1S/C10H12N4O2/c1-15-8-4-2-3-7(10(8)11)12-5-9-13-6-16-14-9/h2-4,6,12H,5,11H2,1H3. The number of nitrogens with one attached hydrogen (secondary N) is 1. The van der Waals surface area contributed by atoms with E-state index in [0.29, 0.717) is 23.8 Å². The van der Waals surface area contributed by atoms with Crippen molar-refractivity contribution in [1.29, 1.82) is 0 Å². The quantitative estimate of drug-likeness (QED) is 0.754. The van der Waals surface area contributed by atoms with E-state index >= 15 is 0 Å². The molecular weight excluding hydrogens is 208 g/mol. The predicted molar refractivity (Wildman–Crippen MR) is 59.0 cm³/mol. The van der Waals surface area contributed by atoms with Crippen LogP contribution in [0.15, 0.2) is 29.1 Å². The molecule has 0 fully saturated rings. The Hall–Kier alpha value is -2.24. The zero-order valence-electron chi connectivity index (χ0n) is 8.80. The second-order valence-electron chi connectivity index (χ2n) is 3.12. The number of anilines is 2. The third-order valence-electron chi connectivity index (χ3n) is 2.13. The molecule has 0 saturated heterocycles. The number of aromatic nitrogens is 2. The number of ether oxygens (including phenoxy) is 1. The molecular formula is C10H12N4O2. The monoisotopic (exact) mass is 220 g/mol. The van der Waals surface area contributed by atoms with Crippen molar-refractivity contribution in [3.63, 3.8) is 0 Å². The van der Waals surface area contributed by atoms with Crippen molar-refractivity contribution in [3.8, 4) is 5.75 Å². The topological polar surface area (TPSA) is 86.2 Å². The van der Waals surface area contributed by atoms with Crippen LogP contribution in [0.4, 0.5) is 11.4 Å². The Morgan fingerprint density at radius 3 is 3.06 bits per heavy atom. The number of benzene rings is 1. The van der Waals surface area contributed by atoms with Crippen molar-refractivity contribution >= 4 is 11.4 Å². The lowest BCUT2D eigenvalue weighted by molar-refractivity contribution is 0.411. The summed E-state index contributed by atoms with van der Waals surface area (Å²) in [5.74, 6) is 1.21. The van der Waals surface area contributed by atoms with Gasteiger partial charge in [-0.2, -0.15) is 4.98 Å². The largest absolute Gasteiger partial charge is 0.495 e. The molecule has 0 saturated carbocycles. The third-order valence-corrected chi connectivity index (χ3v) is 2.13. The molecule has 16 heavy (non-hydrogen) atoms. The van der Waals surface area contributed by atoms with Crippen molar-refractivity contribution in [2.45, 2.75) is 6.54 Å². The van der Waals surface area contributed by atoms with Crippen molar-refractivity contribution in [2.24, 2.45) is 0 Å². The van der Waals surface area contributed by atoms with Crippen LogP contribution in [0.2, 0.25) is 0 Å². The predicted octanol–water partition coefficient (Wildman–Crippen LogP) is 1.27. The van der Waals surface area contributed by atoms with Crippen molar-refractivity contribution in [1.82, 2.24) is 10.1 Å². The molecule has 0 aliphatic carbocycles. The molecule has 0 aliphatic rings. The molecule has 1 heterocycles. The van der Waals surface area contributed by atoms with Gasteiger partial charge in [-0.1, -0.05) is 11.2 Å². The maximum Gasteiger partial charge on any atom is 0.213 e. The molecule has 1 aromatic carbocycles. The van der Waals surface area contributed by atoms with Gasteiger partial charge in [-0.15, -0.1) is 0 Å². The molecule has 0 radical (unpaired) electrons. The van der Waals surface area contributed by atoms with Gasteiger partial charge in [0.2, 0.25) is 6.39 Å². The van der Waals surface area contributed by atoms with Crippen LogP contribution in [0.3, 0.4) is 0 Å². The minimum atomic E-state index is 0.452. The first-order valence-corrected chi connectivity index (χ1v) is 4.73. The fraction of sp³-hybridized carbons (Fsp3) is 0.200. The summed E-state index contributed by atoms with van der Waals surface area (Å²) in [4.78, 5) is 3.89. The molecule has 0 spiro atoms. The number of hydrogen-bond donors (Lipinski definition) is 2. The van der Waals surface area contributed by atoms with E-state index in [4.69, 9.17) is 10.5 Å². The Labute approximate surface area is 92.4 Å². The number of methoxy groups -OCH3 is 1. The first-order chi connectivity index (χ1) is 7.81. The highest BCUT2D eigenvalue weighted by molar-refractivity contribution is 5.72. The number of nitrogen functional groups attached to an aromatic ring is 1. The fourth-order valence-electron chi connectivity index (χ4n) is 1.32. The van der Waals surface area contributed by atoms with Gasteiger partial charge in [0.25, 0.3) is 0 Å². The number of para-hydroxylation sites is 1. The Morgan fingerprint density at radius 2 is 2.38 bits per heavy atom. The molecule has 3 N–H and O–H groups in total. The molecule has 2 aromatic rings. The lowest BCUT2D eigenvalue weighted by Gasteiger charge is -2.10. The van der Waals surface area contributed by atoms with Gasteiger partial charge in [0.1, 0.15) is 5.75 Å². The number of rotatable bonds is 4. The van der Waals surface area contributed by atoms with Gasteiger partial charge in [0.15, 0.2) is 5.82 Å². The van der Waals surface area contributed by atoms with E-state index in [2.05, 4.69) is 20.0 Å². The van der Waals surface area contributed by atoms with Gasteiger partial charge in [0.05, 0.1) is 25.0 Å². The van der Waals surface area contributed by atoms with Gasteiger partial charge in [-0.25, -0.2) is 0 Å². The van der Waals surface area contributed by atoms with Gasteiger partial charge in [0, 0.05) is 0 Å². The van der Waals surface area contributed by atoms with Crippen LogP contribution in [-0.2, 0) is 6.54 Å². The van der Waals surface area contributed by atoms with E-state index < -0.39 is 0 Å². The fourth-order valence-corrected chi connectivity index (χ4v) is 1.32. The second kappa shape index (κ2) is 4.52. The minimum Gasteiger partial charge on any atom is -0.495 e. The zero-order chi connectivity index (χ0) is 11.4. The molecule has 0 aliphatic heterocycles. The first-order valence-electron chi connectivity index (χ1n) is 4.73. The second-order valence-corrected chi connectivity index (χ2v) is 3.12. The van der Waals surface area contributed by atoms with Crippen LogP contribution in [0.25, 0.3) is 0 Å². The minimum absolute atomic E-state index is 0.452. The Bertz CT molecular complexity index is 456. The molecule has 84 valence electrons. The maximum atomic E-state index is 5.88. The molecule has 6 nitrogen and oxygen atoms in total. The van der Waals surface area contributed by atoms with Crippen LogP contribution < -0.4 is 15.8 Å². The highest BCUT2D eigenvalue weighted by Crippen LogP contribution is 2.28.